The van der Waals surface area contributed by atoms with Gasteiger partial charge in [0.05, 0.1) is 0 Å². The third kappa shape index (κ3) is 6.17. The van der Waals surface area contributed by atoms with Gasteiger partial charge in [-0.25, -0.2) is 0 Å². The van der Waals surface area contributed by atoms with Crippen LogP contribution in [0.5, 0.6) is 0 Å². The largest absolute Gasteiger partial charge is 0.481 e. The molecule has 0 aliphatic heterocycles. The lowest BCUT2D eigenvalue weighted by atomic mass is 9.84. The minimum absolute atomic E-state index is 0.114. The summed E-state index contributed by atoms with van der Waals surface area (Å²) in [6, 6.07) is 5.21. The summed E-state index contributed by atoms with van der Waals surface area (Å²) in [5.74, 6) is -0.952. The molecule has 0 aromatic heterocycles. The highest BCUT2D eigenvalue weighted by Crippen LogP contribution is 2.26. The molecule has 21 heavy (non-hydrogen) atoms. The Bertz CT molecular complexity index is 526. The SMILES string of the molecule is Cc1ccc(C(=O)NCCC(C)(C)CCC(=O)O)cc1Cl. The zero-order valence-corrected chi connectivity index (χ0v) is 13.5. The summed E-state index contributed by atoms with van der Waals surface area (Å²) in [6.45, 7) is 6.40. The van der Waals surface area contributed by atoms with Crippen molar-refractivity contribution >= 4 is 23.5 Å². The number of carboxylic acid groups (broad SMARTS) is 1. The smallest absolute Gasteiger partial charge is 0.303 e. The Morgan fingerprint density at radius 1 is 1.29 bits per heavy atom. The molecule has 5 heteroatoms. The molecule has 0 saturated heterocycles. The van der Waals surface area contributed by atoms with Crippen LogP contribution in [0, 0.1) is 12.3 Å². The number of carbonyl (C=O) groups is 2. The average molecular weight is 312 g/mol. The second-order valence-corrected chi connectivity index (χ2v) is 6.44. The van der Waals surface area contributed by atoms with Crippen LogP contribution in [0.4, 0.5) is 0 Å². The van der Waals surface area contributed by atoms with Crippen molar-refractivity contribution in [2.75, 3.05) is 6.54 Å². The van der Waals surface area contributed by atoms with Gasteiger partial charge in [-0.3, -0.25) is 9.59 Å². The number of amides is 1. The van der Waals surface area contributed by atoms with E-state index >= 15 is 0 Å². The second-order valence-electron chi connectivity index (χ2n) is 6.03. The molecule has 0 fully saturated rings. The number of carboxylic acids is 1. The Hall–Kier alpha value is -1.55. The van der Waals surface area contributed by atoms with E-state index < -0.39 is 5.97 Å². The van der Waals surface area contributed by atoms with E-state index in [1.165, 1.54) is 0 Å². The standard InChI is InChI=1S/C16H22ClNO3/c1-11-4-5-12(10-13(11)17)15(21)18-9-8-16(2,3)7-6-14(19)20/h4-5,10H,6-9H2,1-3H3,(H,18,21)(H,19,20). The van der Waals surface area contributed by atoms with E-state index in [2.05, 4.69) is 5.32 Å². The van der Waals surface area contributed by atoms with Gasteiger partial charge in [0.2, 0.25) is 0 Å². The van der Waals surface area contributed by atoms with Crippen molar-refractivity contribution in [2.45, 2.75) is 40.0 Å². The highest BCUT2D eigenvalue weighted by Gasteiger charge is 2.19. The van der Waals surface area contributed by atoms with Gasteiger partial charge in [-0.1, -0.05) is 31.5 Å². The lowest BCUT2D eigenvalue weighted by Gasteiger charge is -2.23. The Kier molecular flexibility index (Phi) is 6.21. The number of hydrogen-bond donors (Lipinski definition) is 2. The Balaban J connectivity index is 2.46. The van der Waals surface area contributed by atoms with Crippen molar-refractivity contribution in [3.8, 4) is 0 Å². The Morgan fingerprint density at radius 2 is 1.95 bits per heavy atom. The number of benzene rings is 1. The minimum atomic E-state index is -0.790. The third-order valence-electron chi connectivity index (χ3n) is 3.54. The Labute approximate surface area is 130 Å². The van der Waals surface area contributed by atoms with Crippen LogP contribution in [-0.2, 0) is 4.79 Å². The van der Waals surface area contributed by atoms with Crippen LogP contribution in [0.15, 0.2) is 18.2 Å². The first-order valence-corrected chi connectivity index (χ1v) is 7.35. The number of aryl methyl sites for hydroxylation is 1. The third-order valence-corrected chi connectivity index (χ3v) is 3.94. The molecule has 0 heterocycles. The van der Waals surface area contributed by atoms with E-state index in [4.69, 9.17) is 16.7 Å². The summed E-state index contributed by atoms with van der Waals surface area (Å²) in [5.41, 5.74) is 1.35. The molecule has 116 valence electrons. The Morgan fingerprint density at radius 3 is 2.52 bits per heavy atom. The number of carbonyl (C=O) groups excluding carboxylic acids is 1. The van der Waals surface area contributed by atoms with E-state index in [0.717, 1.165) is 12.0 Å². The minimum Gasteiger partial charge on any atom is -0.481 e. The van der Waals surface area contributed by atoms with Crippen LogP contribution < -0.4 is 5.32 Å². The van der Waals surface area contributed by atoms with Gasteiger partial charge in [0, 0.05) is 23.6 Å². The monoisotopic (exact) mass is 311 g/mol. The van der Waals surface area contributed by atoms with Crippen molar-refractivity contribution < 1.29 is 14.7 Å². The maximum atomic E-state index is 12.0. The van der Waals surface area contributed by atoms with Gasteiger partial charge in [-0.05, 0) is 42.9 Å². The molecule has 1 aromatic rings. The van der Waals surface area contributed by atoms with Gasteiger partial charge in [0.15, 0.2) is 0 Å². The van der Waals surface area contributed by atoms with Crippen molar-refractivity contribution in [3.05, 3.63) is 34.3 Å². The molecule has 2 N–H and O–H groups in total. The predicted molar refractivity (Wildman–Crippen MR) is 83.8 cm³/mol. The van der Waals surface area contributed by atoms with E-state index in [9.17, 15) is 9.59 Å². The molecule has 1 rings (SSSR count). The normalized spacial score (nSPS) is 11.2. The molecule has 0 atom stereocenters. The maximum absolute atomic E-state index is 12.0. The molecule has 0 unspecified atom stereocenters. The number of nitrogens with one attached hydrogen (secondary N) is 1. The van der Waals surface area contributed by atoms with Gasteiger partial charge in [0.25, 0.3) is 5.91 Å². The average Bonchev–Trinajstić information content (AvgIpc) is 2.39. The van der Waals surface area contributed by atoms with Crippen LogP contribution in [0.25, 0.3) is 0 Å². The molecule has 0 saturated carbocycles. The predicted octanol–water partition coefficient (Wildman–Crippen LogP) is 3.66. The van der Waals surface area contributed by atoms with Crippen molar-refractivity contribution in [1.29, 1.82) is 0 Å². The molecule has 0 bridgehead atoms. The molecule has 0 spiro atoms. The lowest BCUT2D eigenvalue weighted by Crippen LogP contribution is -2.28. The van der Waals surface area contributed by atoms with E-state index in [1.807, 2.05) is 26.8 Å². The zero-order chi connectivity index (χ0) is 16.0. The van der Waals surface area contributed by atoms with Gasteiger partial charge >= 0.3 is 5.97 Å². The van der Waals surface area contributed by atoms with Crippen LogP contribution in [-0.4, -0.2) is 23.5 Å². The second kappa shape index (κ2) is 7.46. The van der Waals surface area contributed by atoms with E-state index in [-0.39, 0.29) is 17.7 Å². The summed E-state index contributed by atoms with van der Waals surface area (Å²) >= 11 is 6.00. The van der Waals surface area contributed by atoms with E-state index in [1.54, 1.807) is 12.1 Å². The topological polar surface area (TPSA) is 66.4 Å². The van der Waals surface area contributed by atoms with Crippen LogP contribution >= 0.6 is 11.6 Å². The molecule has 4 nitrogen and oxygen atoms in total. The molecular weight excluding hydrogens is 290 g/mol. The van der Waals surface area contributed by atoms with Gasteiger partial charge in [0.1, 0.15) is 0 Å². The summed E-state index contributed by atoms with van der Waals surface area (Å²) in [4.78, 5) is 22.6. The molecule has 0 radical (unpaired) electrons. The molecule has 0 aliphatic carbocycles. The zero-order valence-electron chi connectivity index (χ0n) is 12.7. The molecule has 1 aromatic carbocycles. The highest BCUT2D eigenvalue weighted by molar-refractivity contribution is 6.31. The number of rotatable bonds is 7. The summed E-state index contributed by atoms with van der Waals surface area (Å²) in [5, 5.41) is 12.1. The lowest BCUT2D eigenvalue weighted by molar-refractivity contribution is -0.137. The summed E-state index contributed by atoms with van der Waals surface area (Å²) in [6.07, 6.45) is 1.47. The first kappa shape index (κ1) is 17.5. The fourth-order valence-electron chi connectivity index (χ4n) is 1.92. The maximum Gasteiger partial charge on any atom is 0.303 e. The fraction of sp³-hybridized carbons (Fsp3) is 0.500. The first-order valence-electron chi connectivity index (χ1n) is 6.97. The van der Waals surface area contributed by atoms with Gasteiger partial charge in [-0.15, -0.1) is 0 Å². The van der Waals surface area contributed by atoms with Crippen LogP contribution in [0.3, 0.4) is 0 Å². The fourth-order valence-corrected chi connectivity index (χ4v) is 2.10. The summed E-state index contributed by atoms with van der Waals surface area (Å²) in [7, 11) is 0. The van der Waals surface area contributed by atoms with Crippen molar-refractivity contribution in [3.63, 3.8) is 0 Å². The van der Waals surface area contributed by atoms with Gasteiger partial charge < -0.3 is 10.4 Å². The number of aliphatic carboxylic acids is 1. The van der Waals surface area contributed by atoms with Crippen LogP contribution in [0.2, 0.25) is 5.02 Å². The molecule has 0 aliphatic rings. The van der Waals surface area contributed by atoms with Crippen molar-refractivity contribution in [1.82, 2.24) is 5.32 Å². The molecule has 1 amide bonds. The van der Waals surface area contributed by atoms with Crippen LogP contribution in [0.1, 0.15) is 49.0 Å². The van der Waals surface area contributed by atoms with Gasteiger partial charge in [-0.2, -0.15) is 0 Å². The number of hydrogen-bond acceptors (Lipinski definition) is 2. The first-order chi connectivity index (χ1) is 9.71. The number of halogens is 1. The summed E-state index contributed by atoms with van der Waals surface area (Å²) < 4.78 is 0. The quantitative estimate of drug-likeness (QED) is 0.807. The van der Waals surface area contributed by atoms with Crippen molar-refractivity contribution in [2.24, 2.45) is 5.41 Å². The molecular formula is C16H22ClNO3. The highest BCUT2D eigenvalue weighted by atomic mass is 35.5. The van der Waals surface area contributed by atoms with E-state index in [0.29, 0.717) is 23.6 Å².